The molecule has 0 aliphatic carbocycles. The van der Waals surface area contributed by atoms with Crippen LogP contribution in [-0.2, 0) is 10.0 Å². The highest BCUT2D eigenvalue weighted by Crippen LogP contribution is 2.31. The van der Waals surface area contributed by atoms with Crippen LogP contribution < -0.4 is 10.5 Å². The van der Waals surface area contributed by atoms with Crippen LogP contribution in [0.3, 0.4) is 0 Å². The molecule has 2 heterocycles. The van der Waals surface area contributed by atoms with Crippen LogP contribution in [0, 0.1) is 18.3 Å². The van der Waals surface area contributed by atoms with E-state index in [1.807, 2.05) is 6.07 Å². The second-order valence-electron chi connectivity index (χ2n) is 6.55. The minimum Gasteiger partial charge on any atom is -0.383 e. The Hall–Kier alpha value is -3.61. The Kier molecular flexibility index (Phi) is 4.81. The summed E-state index contributed by atoms with van der Waals surface area (Å²) in [6, 6.07) is 12.9. The predicted molar refractivity (Wildman–Crippen MR) is 115 cm³/mol. The average Bonchev–Trinajstić information content (AvgIpc) is 3.19. The van der Waals surface area contributed by atoms with Gasteiger partial charge in [0.2, 0.25) is 0 Å². The van der Waals surface area contributed by atoms with Crippen LogP contribution >= 0.6 is 11.6 Å². The van der Waals surface area contributed by atoms with E-state index in [1.54, 1.807) is 43.6 Å². The fourth-order valence-corrected chi connectivity index (χ4v) is 4.72. The largest absolute Gasteiger partial charge is 0.383 e. The molecule has 2 aromatic heterocycles. The van der Waals surface area contributed by atoms with Gasteiger partial charge in [0.15, 0.2) is 5.65 Å². The number of fused-ring (bicyclic) bond motifs is 1. The molecule has 2 aromatic carbocycles. The number of halogens is 1. The number of aromatic nitrogens is 3. The highest BCUT2D eigenvalue weighted by molar-refractivity contribution is 7.92. The summed E-state index contributed by atoms with van der Waals surface area (Å²) < 4.78 is 29.6. The molecule has 0 radical (unpaired) electrons. The molecule has 0 bridgehead atoms. The first kappa shape index (κ1) is 19.7. The normalized spacial score (nSPS) is 11.4. The molecule has 0 amide bonds. The second-order valence-corrected chi connectivity index (χ2v) is 8.61. The number of rotatable bonds is 4. The van der Waals surface area contributed by atoms with Crippen molar-refractivity contribution in [2.45, 2.75) is 11.8 Å². The molecule has 30 heavy (non-hydrogen) atoms. The first-order valence-corrected chi connectivity index (χ1v) is 10.6. The fraction of sp³-hybridized carbons (Fsp3) is 0.0500. The lowest BCUT2D eigenvalue weighted by Crippen LogP contribution is -2.14. The van der Waals surface area contributed by atoms with Crippen molar-refractivity contribution in [1.82, 2.24) is 14.6 Å². The molecule has 0 atom stereocenters. The summed E-state index contributed by atoms with van der Waals surface area (Å²) in [6.45, 7) is 1.78. The number of anilines is 2. The van der Waals surface area contributed by atoms with Gasteiger partial charge in [0, 0.05) is 17.8 Å². The molecule has 0 aliphatic heterocycles. The van der Waals surface area contributed by atoms with E-state index < -0.39 is 10.0 Å². The van der Waals surface area contributed by atoms with Gasteiger partial charge >= 0.3 is 0 Å². The van der Waals surface area contributed by atoms with Gasteiger partial charge in [-0.3, -0.25) is 4.72 Å². The van der Waals surface area contributed by atoms with Gasteiger partial charge in [0.25, 0.3) is 10.0 Å². The van der Waals surface area contributed by atoms with E-state index in [0.29, 0.717) is 28.3 Å². The van der Waals surface area contributed by atoms with Crippen molar-refractivity contribution in [2.75, 3.05) is 10.5 Å². The first-order chi connectivity index (χ1) is 14.3. The standard InChI is InChI=1S/C20H15ClN6O2S/c1-12-8-14(15-11-24-19-6-7-25-27(19)20(15)23)3-4-17(12)26-30(28,29)18-5-2-13(10-22)9-16(18)21/h2-9,11,26H,23H2,1H3. The Labute approximate surface area is 177 Å². The van der Waals surface area contributed by atoms with E-state index in [4.69, 9.17) is 22.6 Å². The molecule has 4 aromatic rings. The van der Waals surface area contributed by atoms with E-state index in [-0.39, 0.29) is 15.5 Å². The maximum absolute atomic E-state index is 12.8. The monoisotopic (exact) mass is 438 g/mol. The Morgan fingerprint density at radius 3 is 2.70 bits per heavy atom. The Bertz CT molecular complexity index is 1440. The van der Waals surface area contributed by atoms with Crippen LogP contribution in [0.2, 0.25) is 5.02 Å². The number of sulfonamides is 1. The van der Waals surface area contributed by atoms with Crippen molar-refractivity contribution in [3.8, 4) is 17.2 Å². The average molecular weight is 439 g/mol. The van der Waals surface area contributed by atoms with Crippen molar-refractivity contribution in [3.05, 3.63) is 71.0 Å². The molecular weight excluding hydrogens is 424 g/mol. The molecule has 0 fully saturated rings. The van der Waals surface area contributed by atoms with Crippen LogP contribution in [0.15, 0.2) is 59.8 Å². The van der Waals surface area contributed by atoms with E-state index >= 15 is 0 Å². The van der Waals surface area contributed by atoms with Gasteiger partial charge in [0.1, 0.15) is 10.7 Å². The number of nitriles is 1. The zero-order chi connectivity index (χ0) is 21.5. The van der Waals surface area contributed by atoms with Gasteiger partial charge in [-0.15, -0.1) is 0 Å². The fourth-order valence-electron chi connectivity index (χ4n) is 3.05. The second kappa shape index (κ2) is 7.33. The van der Waals surface area contributed by atoms with Crippen molar-refractivity contribution >= 4 is 38.8 Å². The molecule has 0 spiro atoms. The number of nitrogen functional groups attached to an aromatic ring is 1. The van der Waals surface area contributed by atoms with Crippen molar-refractivity contribution < 1.29 is 8.42 Å². The number of nitrogens with zero attached hydrogens (tertiary/aromatic N) is 4. The van der Waals surface area contributed by atoms with Crippen LogP contribution in [0.5, 0.6) is 0 Å². The van der Waals surface area contributed by atoms with Crippen molar-refractivity contribution in [2.24, 2.45) is 0 Å². The lowest BCUT2D eigenvalue weighted by Gasteiger charge is -2.14. The van der Waals surface area contributed by atoms with Gasteiger partial charge < -0.3 is 5.73 Å². The summed E-state index contributed by atoms with van der Waals surface area (Å²) in [5.74, 6) is 0.432. The smallest absolute Gasteiger partial charge is 0.263 e. The molecular formula is C20H15ClN6O2S. The van der Waals surface area contributed by atoms with Crippen molar-refractivity contribution in [3.63, 3.8) is 0 Å². The minimum atomic E-state index is -3.94. The van der Waals surface area contributed by atoms with E-state index in [2.05, 4.69) is 14.8 Å². The minimum absolute atomic E-state index is 0.0257. The molecule has 10 heteroatoms. The van der Waals surface area contributed by atoms with Gasteiger partial charge in [-0.05, 0) is 48.4 Å². The summed E-state index contributed by atoms with van der Waals surface area (Å²) in [5, 5.41) is 13.0. The molecule has 0 aliphatic rings. The quantitative estimate of drug-likeness (QED) is 0.501. The van der Waals surface area contributed by atoms with Gasteiger partial charge in [-0.1, -0.05) is 17.7 Å². The summed E-state index contributed by atoms with van der Waals surface area (Å²) in [7, 11) is -3.94. The lowest BCUT2D eigenvalue weighted by molar-refractivity contribution is 0.601. The summed E-state index contributed by atoms with van der Waals surface area (Å²) in [6.07, 6.45) is 3.27. The van der Waals surface area contributed by atoms with Crippen LogP contribution in [0.4, 0.5) is 11.5 Å². The molecule has 0 unspecified atom stereocenters. The predicted octanol–water partition coefficient (Wildman–Crippen LogP) is 3.61. The third-order valence-electron chi connectivity index (χ3n) is 4.59. The number of hydrogen-bond acceptors (Lipinski definition) is 6. The zero-order valence-corrected chi connectivity index (χ0v) is 17.2. The number of hydrogen-bond donors (Lipinski definition) is 2. The number of aryl methyl sites for hydroxylation is 1. The number of benzene rings is 2. The highest BCUT2D eigenvalue weighted by Gasteiger charge is 2.20. The van der Waals surface area contributed by atoms with Gasteiger partial charge in [0.05, 0.1) is 28.5 Å². The number of nitrogens with two attached hydrogens (primary N) is 1. The van der Waals surface area contributed by atoms with Gasteiger partial charge in [-0.2, -0.15) is 14.9 Å². The summed E-state index contributed by atoms with van der Waals surface area (Å²) in [5.41, 5.74) is 9.65. The molecule has 3 N–H and O–H groups in total. The molecule has 4 rings (SSSR count). The maximum atomic E-state index is 12.8. The Balaban J connectivity index is 1.68. The Morgan fingerprint density at radius 2 is 2.00 bits per heavy atom. The SMILES string of the molecule is Cc1cc(-c2cnc3ccnn3c2N)ccc1NS(=O)(=O)c1ccc(C#N)cc1Cl. The van der Waals surface area contributed by atoms with Crippen molar-refractivity contribution in [1.29, 1.82) is 5.26 Å². The number of nitrogens with one attached hydrogen (secondary N) is 1. The Morgan fingerprint density at radius 1 is 1.20 bits per heavy atom. The molecule has 0 saturated carbocycles. The highest BCUT2D eigenvalue weighted by atomic mass is 35.5. The molecule has 150 valence electrons. The molecule has 8 nitrogen and oxygen atoms in total. The van der Waals surface area contributed by atoms with Gasteiger partial charge in [-0.25, -0.2) is 13.4 Å². The topological polar surface area (TPSA) is 126 Å². The van der Waals surface area contributed by atoms with Crippen LogP contribution in [0.1, 0.15) is 11.1 Å². The third-order valence-corrected chi connectivity index (χ3v) is 6.43. The lowest BCUT2D eigenvalue weighted by atomic mass is 10.0. The van der Waals surface area contributed by atoms with E-state index in [0.717, 1.165) is 5.56 Å². The summed E-state index contributed by atoms with van der Waals surface area (Å²) >= 11 is 6.06. The van der Waals surface area contributed by atoms with E-state index in [9.17, 15) is 8.42 Å². The first-order valence-electron chi connectivity index (χ1n) is 8.72. The maximum Gasteiger partial charge on any atom is 0.263 e. The van der Waals surface area contributed by atoms with E-state index in [1.165, 1.54) is 22.7 Å². The van der Waals surface area contributed by atoms with Crippen LogP contribution in [0.25, 0.3) is 16.8 Å². The van der Waals surface area contributed by atoms with Crippen LogP contribution in [-0.4, -0.2) is 23.0 Å². The summed E-state index contributed by atoms with van der Waals surface area (Å²) in [4.78, 5) is 4.22. The molecule has 0 saturated heterocycles. The third kappa shape index (κ3) is 3.43. The zero-order valence-electron chi connectivity index (χ0n) is 15.7.